The number of oxime groups is 1. The molecule has 154 valence electrons. The zero-order valence-electron chi connectivity index (χ0n) is 16.8. The van der Waals surface area contributed by atoms with Crippen LogP contribution in [0.3, 0.4) is 0 Å². The number of aromatic nitrogens is 2. The number of likely N-dealkylation sites (tertiary alicyclic amines) is 1. The van der Waals surface area contributed by atoms with Gasteiger partial charge in [0.25, 0.3) is 0 Å². The number of nitrogens with zero attached hydrogens (tertiary/aromatic N) is 4. The van der Waals surface area contributed by atoms with E-state index < -0.39 is 0 Å². The van der Waals surface area contributed by atoms with Crippen molar-refractivity contribution in [2.45, 2.75) is 25.9 Å². The van der Waals surface area contributed by atoms with Crippen molar-refractivity contribution in [3.05, 3.63) is 71.6 Å². The minimum absolute atomic E-state index is 0.0811. The monoisotopic (exact) mass is 404 g/mol. The van der Waals surface area contributed by atoms with Crippen molar-refractivity contribution in [3.8, 4) is 11.4 Å². The number of nitrogens with two attached hydrogens (primary N) is 1. The highest BCUT2D eigenvalue weighted by Gasteiger charge is 2.29. The fourth-order valence-electron chi connectivity index (χ4n) is 3.39. The van der Waals surface area contributed by atoms with E-state index in [1.54, 1.807) is 0 Å². The molecule has 4 rings (SSSR count). The molecule has 0 spiro atoms. The Kier molecular flexibility index (Phi) is 5.74. The molecule has 0 unspecified atom stereocenters. The molecule has 1 atom stereocenters. The number of guanidine groups is 1. The predicted octanol–water partition coefficient (Wildman–Crippen LogP) is 3.36. The first-order chi connectivity index (χ1) is 14.6. The van der Waals surface area contributed by atoms with E-state index in [2.05, 4.69) is 15.3 Å². The number of hydrogen-bond donors (Lipinski definition) is 2. The van der Waals surface area contributed by atoms with Gasteiger partial charge in [-0.25, -0.2) is 0 Å². The van der Waals surface area contributed by atoms with Crippen molar-refractivity contribution in [1.29, 1.82) is 5.41 Å². The molecule has 8 nitrogen and oxygen atoms in total. The summed E-state index contributed by atoms with van der Waals surface area (Å²) in [6, 6.07) is 17.7. The summed E-state index contributed by atoms with van der Waals surface area (Å²) >= 11 is 0. The van der Waals surface area contributed by atoms with Crippen LogP contribution < -0.4 is 5.73 Å². The van der Waals surface area contributed by atoms with Gasteiger partial charge in [-0.2, -0.15) is 4.98 Å². The van der Waals surface area contributed by atoms with Crippen LogP contribution in [0.25, 0.3) is 11.4 Å². The van der Waals surface area contributed by atoms with E-state index in [9.17, 15) is 0 Å². The van der Waals surface area contributed by atoms with Crippen LogP contribution in [-0.2, 0) is 11.4 Å². The standard InChI is InChI=1S/C22H24N6O2/c1-15(26-29-14-16-5-3-2-4-6-16)17-7-9-18(10-8-17)20-25-21(30-27-20)19-11-12-28(13-19)22(23)24/h2-10,19H,11-14H2,1H3,(H3,23,24)/b26-15+/t19-/m1/s1. The maximum Gasteiger partial charge on any atom is 0.231 e. The van der Waals surface area contributed by atoms with Gasteiger partial charge < -0.3 is 20.0 Å². The third-order valence-corrected chi connectivity index (χ3v) is 5.16. The van der Waals surface area contributed by atoms with E-state index in [1.165, 1.54) is 0 Å². The summed E-state index contributed by atoms with van der Waals surface area (Å²) in [7, 11) is 0. The molecule has 1 saturated heterocycles. The predicted molar refractivity (Wildman–Crippen MR) is 114 cm³/mol. The van der Waals surface area contributed by atoms with E-state index in [-0.39, 0.29) is 11.9 Å². The van der Waals surface area contributed by atoms with Gasteiger partial charge in [0.2, 0.25) is 11.7 Å². The van der Waals surface area contributed by atoms with Crippen LogP contribution in [0.15, 0.2) is 64.3 Å². The number of nitrogens with one attached hydrogen (secondary N) is 1. The van der Waals surface area contributed by atoms with E-state index in [1.807, 2.05) is 66.4 Å². The summed E-state index contributed by atoms with van der Waals surface area (Å²) < 4.78 is 5.46. The summed E-state index contributed by atoms with van der Waals surface area (Å²) in [5.74, 6) is 1.32. The molecule has 30 heavy (non-hydrogen) atoms. The molecule has 1 aliphatic heterocycles. The molecule has 1 aliphatic rings. The quantitative estimate of drug-likeness (QED) is 0.370. The molecule has 0 bridgehead atoms. The number of benzene rings is 2. The molecule has 1 fully saturated rings. The normalized spacial score (nSPS) is 16.6. The Hall–Kier alpha value is -3.68. The van der Waals surface area contributed by atoms with Gasteiger partial charge in [0.05, 0.1) is 11.6 Å². The van der Waals surface area contributed by atoms with Crippen molar-refractivity contribution in [2.75, 3.05) is 13.1 Å². The van der Waals surface area contributed by atoms with E-state index in [4.69, 9.17) is 20.5 Å². The molecule has 3 aromatic rings. The first kappa shape index (κ1) is 19.6. The average Bonchev–Trinajstić information content (AvgIpc) is 3.44. The summed E-state index contributed by atoms with van der Waals surface area (Å²) in [6.45, 7) is 3.71. The van der Waals surface area contributed by atoms with E-state index in [0.29, 0.717) is 24.9 Å². The fraction of sp³-hybridized carbons (Fsp3) is 0.273. The fourth-order valence-corrected chi connectivity index (χ4v) is 3.39. The maximum atomic E-state index is 7.54. The number of hydrogen-bond acceptors (Lipinski definition) is 6. The van der Waals surface area contributed by atoms with Crippen LogP contribution in [-0.4, -0.2) is 39.8 Å². The topological polar surface area (TPSA) is 114 Å². The van der Waals surface area contributed by atoms with Gasteiger partial charge in [0.15, 0.2) is 5.96 Å². The van der Waals surface area contributed by atoms with Gasteiger partial charge in [-0.1, -0.05) is 64.9 Å². The smallest absolute Gasteiger partial charge is 0.231 e. The molecule has 1 aromatic heterocycles. The van der Waals surface area contributed by atoms with Crippen molar-refractivity contribution in [1.82, 2.24) is 15.0 Å². The van der Waals surface area contributed by atoms with Crippen LogP contribution in [0.5, 0.6) is 0 Å². The van der Waals surface area contributed by atoms with Gasteiger partial charge in [-0.05, 0) is 24.5 Å². The molecule has 0 amide bonds. The average molecular weight is 404 g/mol. The Bertz CT molecular complexity index is 1030. The zero-order chi connectivity index (χ0) is 20.9. The molecule has 8 heteroatoms. The zero-order valence-corrected chi connectivity index (χ0v) is 16.8. The highest BCUT2D eigenvalue weighted by molar-refractivity contribution is 5.98. The SMILES string of the molecule is C/C(=N\OCc1ccccc1)c1ccc(-c2noc([C@@H]3CCN(C(=N)N)C3)n2)cc1. The Morgan fingerprint density at radius 3 is 2.70 bits per heavy atom. The van der Waals surface area contributed by atoms with E-state index in [0.717, 1.165) is 35.4 Å². The molecule has 0 saturated carbocycles. The summed E-state index contributed by atoms with van der Waals surface area (Å²) in [5.41, 5.74) is 9.26. The van der Waals surface area contributed by atoms with E-state index >= 15 is 0 Å². The highest BCUT2D eigenvalue weighted by atomic mass is 16.6. The lowest BCUT2D eigenvalue weighted by Gasteiger charge is -2.14. The lowest BCUT2D eigenvalue weighted by Crippen LogP contribution is -2.34. The first-order valence-electron chi connectivity index (χ1n) is 9.84. The van der Waals surface area contributed by atoms with Crippen molar-refractivity contribution in [2.24, 2.45) is 10.9 Å². The highest BCUT2D eigenvalue weighted by Crippen LogP contribution is 2.27. The Morgan fingerprint density at radius 2 is 2.00 bits per heavy atom. The van der Waals surface area contributed by atoms with Crippen LogP contribution in [0.2, 0.25) is 0 Å². The van der Waals surface area contributed by atoms with Crippen LogP contribution in [0, 0.1) is 5.41 Å². The second kappa shape index (κ2) is 8.77. The van der Waals surface area contributed by atoms with Gasteiger partial charge in [-0.3, -0.25) is 5.41 Å². The summed E-state index contributed by atoms with van der Waals surface area (Å²) in [5, 5.41) is 15.9. The minimum atomic E-state index is 0.0811. The molecule has 3 N–H and O–H groups in total. The summed E-state index contributed by atoms with van der Waals surface area (Å²) in [4.78, 5) is 11.8. The van der Waals surface area contributed by atoms with Crippen LogP contribution >= 0.6 is 0 Å². The third-order valence-electron chi connectivity index (χ3n) is 5.16. The first-order valence-corrected chi connectivity index (χ1v) is 9.84. The second-order valence-electron chi connectivity index (χ2n) is 7.29. The maximum absolute atomic E-state index is 7.54. The molecule has 2 heterocycles. The van der Waals surface area contributed by atoms with Gasteiger partial charge in [0.1, 0.15) is 6.61 Å². The van der Waals surface area contributed by atoms with Crippen molar-refractivity contribution < 1.29 is 9.36 Å². The molecule has 0 aliphatic carbocycles. The lowest BCUT2D eigenvalue weighted by atomic mass is 10.1. The third kappa shape index (κ3) is 4.48. The Balaban J connectivity index is 1.38. The van der Waals surface area contributed by atoms with Crippen molar-refractivity contribution >= 4 is 11.7 Å². The largest absolute Gasteiger partial charge is 0.391 e. The Morgan fingerprint density at radius 1 is 1.23 bits per heavy atom. The summed E-state index contributed by atoms with van der Waals surface area (Å²) in [6.07, 6.45) is 0.846. The van der Waals surface area contributed by atoms with Crippen LogP contribution in [0.1, 0.15) is 36.3 Å². The molecular weight excluding hydrogens is 380 g/mol. The number of rotatable bonds is 6. The van der Waals surface area contributed by atoms with Gasteiger partial charge >= 0.3 is 0 Å². The molecule has 2 aromatic carbocycles. The lowest BCUT2D eigenvalue weighted by molar-refractivity contribution is 0.130. The second-order valence-corrected chi connectivity index (χ2v) is 7.29. The van der Waals surface area contributed by atoms with Crippen molar-refractivity contribution in [3.63, 3.8) is 0 Å². The van der Waals surface area contributed by atoms with Gasteiger partial charge in [-0.15, -0.1) is 0 Å². The molecular formula is C22H24N6O2. The minimum Gasteiger partial charge on any atom is -0.391 e. The van der Waals surface area contributed by atoms with Crippen LogP contribution in [0.4, 0.5) is 0 Å². The van der Waals surface area contributed by atoms with Gasteiger partial charge in [0, 0.05) is 18.7 Å². The Labute approximate surface area is 174 Å². The molecule has 0 radical (unpaired) electrons.